The highest BCUT2D eigenvalue weighted by Crippen LogP contribution is 2.32. The first kappa shape index (κ1) is 22.9. The van der Waals surface area contributed by atoms with E-state index in [0.29, 0.717) is 35.9 Å². The van der Waals surface area contributed by atoms with Crippen LogP contribution in [0, 0.1) is 0 Å². The minimum Gasteiger partial charge on any atom is -0.494 e. The minimum atomic E-state index is -0.0804. The van der Waals surface area contributed by atoms with Gasteiger partial charge in [0, 0.05) is 50.2 Å². The number of hydrogen-bond donors (Lipinski definition) is 3. The molecule has 0 atom stereocenters. The Hall–Kier alpha value is -3.79. The van der Waals surface area contributed by atoms with Gasteiger partial charge in [0.05, 0.1) is 20.3 Å². The van der Waals surface area contributed by atoms with Crippen molar-refractivity contribution in [3.05, 3.63) is 48.0 Å². The Morgan fingerprint density at radius 2 is 1.81 bits per heavy atom. The summed E-state index contributed by atoms with van der Waals surface area (Å²) in [5.74, 6) is 0.552. The number of amides is 1. The van der Waals surface area contributed by atoms with Crippen LogP contribution in [0.2, 0.25) is 0 Å². The first-order valence-corrected chi connectivity index (χ1v) is 10.1. The van der Waals surface area contributed by atoms with Gasteiger partial charge in [0.25, 0.3) is 5.91 Å². The zero-order valence-electron chi connectivity index (χ0n) is 18.5. The van der Waals surface area contributed by atoms with Gasteiger partial charge < -0.3 is 36.1 Å². The van der Waals surface area contributed by atoms with Crippen LogP contribution in [0.1, 0.15) is 10.4 Å². The molecule has 0 spiro atoms. The number of nitrogens with zero attached hydrogens (tertiary/aromatic N) is 4. The molecule has 1 aliphatic rings. The highest BCUT2D eigenvalue weighted by atomic mass is 16.5. The number of morpholine rings is 1. The Labute approximate surface area is 187 Å². The molecule has 0 aromatic heterocycles. The number of guanidine groups is 2. The molecule has 0 bridgehead atoms. The second kappa shape index (κ2) is 10.5. The number of nitrogens with one attached hydrogen (secondary N) is 1. The second-order valence-corrected chi connectivity index (χ2v) is 7.32. The number of carbonyl (C=O) groups is 1. The van der Waals surface area contributed by atoms with Crippen molar-refractivity contribution < 1.29 is 14.3 Å². The number of hydrogen-bond acceptors (Lipinski definition) is 5. The summed E-state index contributed by atoms with van der Waals surface area (Å²) in [6, 6.07) is 12.6. The molecule has 1 heterocycles. The maximum Gasteiger partial charge on any atom is 0.253 e. The monoisotopic (exact) mass is 439 g/mol. The quantitative estimate of drug-likeness (QED) is 0.476. The molecule has 2 aromatic carbocycles. The van der Waals surface area contributed by atoms with Crippen LogP contribution in [0.4, 0.5) is 17.1 Å². The number of carbonyl (C=O) groups excluding carboxylic acids is 1. The number of nitrogens with two attached hydrogens (primary N) is 2. The van der Waals surface area contributed by atoms with Gasteiger partial charge in [-0.1, -0.05) is 0 Å². The first-order valence-electron chi connectivity index (χ1n) is 10.1. The van der Waals surface area contributed by atoms with Crippen molar-refractivity contribution in [1.29, 1.82) is 0 Å². The predicted molar refractivity (Wildman–Crippen MR) is 127 cm³/mol. The van der Waals surface area contributed by atoms with Crippen molar-refractivity contribution in [2.24, 2.45) is 21.5 Å². The van der Waals surface area contributed by atoms with Crippen LogP contribution >= 0.6 is 0 Å². The number of benzene rings is 2. The van der Waals surface area contributed by atoms with E-state index < -0.39 is 0 Å². The van der Waals surface area contributed by atoms with E-state index in [0.717, 1.165) is 18.8 Å². The normalized spacial score (nSPS) is 14.8. The maximum atomic E-state index is 12.0. The largest absolute Gasteiger partial charge is 0.494 e. The van der Waals surface area contributed by atoms with E-state index in [1.165, 1.54) is 4.90 Å². The summed E-state index contributed by atoms with van der Waals surface area (Å²) < 4.78 is 10.9. The molecule has 1 amide bonds. The van der Waals surface area contributed by atoms with Crippen LogP contribution in [0.25, 0.3) is 0 Å². The van der Waals surface area contributed by atoms with Gasteiger partial charge in [0.2, 0.25) is 11.9 Å². The minimum absolute atomic E-state index is 0.0215. The molecule has 0 saturated carbocycles. The first-order chi connectivity index (χ1) is 15.4. The van der Waals surface area contributed by atoms with Crippen molar-refractivity contribution in [3.8, 4) is 5.75 Å². The molecule has 1 fully saturated rings. The van der Waals surface area contributed by atoms with Gasteiger partial charge in [-0.25, -0.2) is 4.99 Å². The van der Waals surface area contributed by atoms with E-state index in [9.17, 15) is 4.79 Å². The average molecular weight is 440 g/mol. The molecule has 1 saturated heterocycles. The second-order valence-electron chi connectivity index (χ2n) is 7.32. The lowest BCUT2D eigenvalue weighted by atomic mass is 10.2. The van der Waals surface area contributed by atoms with Gasteiger partial charge in [0.15, 0.2) is 0 Å². The molecule has 0 aliphatic carbocycles. The molecule has 170 valence electrons. The fraction of sp³-hybridized carbons (Fsp3) is 0.318. The van der Waals surface area contributed by atoms with Gasteiger partial charge in [0.1, 0.15) is 11.4 Å². The lowest BCUT2D eigenvalue weighted by molar-refractivity contribution is 0.0827. The Balaban J connectivity index is 1.70. The van der Waals surface area contributed by atoms with E-state index in [1.54, 1.807) is 45.5 Å². The number of methoxy groups -OCH3 is 1. The summed E-state index contributed by atoms with van der Waals surface area (Å²) in [5, 5.41) is 2.93. The van der Waals surface area contributed by atoms with E-state index in [2.05, 4.69) is 20.2 Å². The third-order valence-electron chi connectivity index (χ3n) is 4.82. The van der Waals surface area contributed by atoms with Crippen LogP contribution in [0.15, 0.2) is 52.4 Å². The van der Waals surface area contributed by atoms with Crippen LogP contribution < -0.4 is 26.4 Å². The zero-order valence-corrected chi connectivity index (χ0v) is 18.5. The molecule has 10 nitrogen and oxygen atoms in total. The van der Waals surface area contributed by atoms with Crippen molar-refractivity contribution in [3.63, 3.8) is 0 Å². The Morgan fingerprint density at radius 3 is 2.44 bits per heavy atom. The standard InChI is InChI=1S/C22H29N7O3/c1-28(2)20(30)15-4-6-16(7-5-15)25-21(23)27-22(24)26-18-9-8-17(14-19(18)31-3)29-10-12-32-13-11-29/h4-9,14H,10-13H2,1-3H3,(H5,23,24,25,26,27). The van der Waals surface area contributed by atoms with Gasteiger partial charge >= 0.3 is 0 Å². The molecule has 10 heteroatoms. The topological polar surface area (TPSA) is 131 Å². The van der Waals surface area contributed by atoms with Crippen molar-refractivity contribution in [1.82, 2.24) is 4.90 Å². The molecular formula is C22H29N7O3. The van der Waals surface area contributed by atoms with Crippen LogP contribution in [-0.2, 0) is 4.74 Å². The SMILES string of the molecule is COc1cc(N2CCOCC2)ccc1N=C(N)/N=C(/N)Nc1ccc(C(=O)N(C)C)cc1. The van der Waals surface area contributed by atoms with Crippen molar-refractivity contribution in [2.45, 2.75) is 0 Å². The molecule has 3 rings (SSSR count). The Morgan fingerprint density at radius 1 is 1.12 bits per heavy atom. The lowest BCUT2D eigenvalue weighted by Gasteiger charge is -2.29. The van der Waals surface area contributed by atoms with Crippen molar-refractivity contribution >= 4 is 34.9 Å². The molecule has 1 aliphatic heterocycles. The molecule has 0 radical (unpaired) electrons. The lowest BCUT2D eigenvalue weighted by Crippen LogP contribution is -2.36. The summed E-state index contributed by atoms with van der Waals surface area (Å²) >= 11 is 0. The fourth-order valence-corrected chi connectivity index (χ4v) is 3.18. The zero-order chi connectivity index (χ0) is 23.1. The van der Waals surface area contributed by atoms with Gasteiger partial charge in [-0.3, -0.25) is 4.79 Å². The number of rotatable bonds is 5. The Kier molecular flexibility index (Phi) is 7.50. The summed E-state index contributed by atoms with van der Waals surface area (Å²) in [6.45, 7) is 3.05. The third-order valence-corrected chi connectivity index (χ3v) is 4.82. The van der Waals surface area contributed by atoms with Crippen LogP contribution in [0.5, 0.6) is 5.75 Å². The number of anilines is 2. The Bertz CT molecular complexity index is 997. The van der Waals surface area contributed by atoms with Gasteiger partial charge in [-0.05, 0) is 36.4 Å². The maximum absolute atomic E-state index is 12.0. The van der Waals surface area contributed by atoms with Crippen LogP contribution in [0.3, 0.4) is 0 Å². The summed E-state index contributed by atoms with van der Waals surface area (Å²) in [7, 11) is 4.98. The van der Waals surface area contributed by atoms with E-state index in [4.69, 9.17) is 20.9 Å². The summed E-state index contributed by atoms with van der Waals surface area (Å²) in [5.41, 5.74) is 14.7. The highest BCUT2D eigenvalue weighted by Gasteiger charge is 2.14. The molecule has 0 unspecified atom stereocenters. The van der Waals surface area contributed by atoms with E-state index >= 15 is 0 Å². The summed E-state index contributed by atoms with van der Waals surface area (Å²) in [4.78, 5) is 24.1. The highest BCUT2D eigenvalue weighted by molar-refractivity contribution is 6.01. The summed E-state index contributed by atoms with van der Waals surface area (Å²) in [6.07, 6.45) is 0. The van der Waals surface area contributed by atoms with Gasteiger partial charge in [-0.15, -0.1) is 0 Å². The number of aliphatic imine (C=N–C) groups is 2. The predicted octanol–water partition coefficient (Wildman–Crippen LogP) is 1.61. The van der Waals surface area contributed by atoms with Crippen molar-refractivity contribution in [2.75, 3.05) is 57.7 Å². The number of ether oxygens (including phenoxy) is 2. The van der Waals surface area contributed by atoms with Crippen LogP contribution in [-0.4, -0.2) is 70.2 Å². The smallest absolute Gasteiger partial charge is 0.253 e. The van der Waals surface area contributed by atoms with E-state index in [-0.39, 0.29) is 17.8 Å². The molecule has 2 aromatic rings. The average Bonchev–Trinajstić information content (AvgIpc) is 2.79. The fourth-order valence-electron chi connectivity index (χ4n) is 3.18. The molecule has 5 N–H and O–H groups in total. The third kappa shape index (κ3) is 5.88. The molecule has 32 heavy (non-hydrogen) atoms. The van der Waals surface area contributed by atoms with E-state index in [1.807, 2.05) is 18.2 Å². The van der Waals surface area contributed by atoms with Gasteiger partial charge in [-0.2, -0.15) is 4.99 Å². The molecular weight excluding hydrogens is 410 g/mol.